The minimum absolute atomic E-state index is 0.00221. The van der Waals surface area contributed by atoms with Crippen molar-refractivity contribution in [2.75, 3.05) is 6.54 Å². The number of carboxylic acids is 1. The number of rotatable bonds is 7. The first-order chi connectivity index (χ1) is 13.5. The van der Waals surface area contributed by atoms with Gasteiger partial charge in [0, 0.05) is 10.9 Å². The van der Waals surface area contributed by atoms with E-state index in [1.54, 1.807) is 33.8 Å². The summed E-state index contributed by atoms with van der Waals surface area (Å²) in [4.78, 5) is 47.5. The fourth-order valence-electron chi connectivity index (χ4n) is 2.92. The Bertz CT molecular complexity index is 1020. The summed E-state index contributed by atoms with van der Waals surface area (Å²) in [7, 11) is 0. The van der Waals surface area contributed by atoms with Crippen molar-refractivity contribution in [3.8, 4) is 5.75 Å². The molecule has 0 unspecified atom stereocenters. The maximum absolute atomic E-state index is 12.3. The van der Waals surface area contributed by atoms with Crippen molar-refractivity contribution in [1.82, 2.24) is 10.6 Å². The van der Waals surface area contributed by atoms with Crippen LogP contribution in [0.3, 0.4) is 0 Å². The summed E-state index contributed by atoms with van der Waals surface area (Å²) < 4.78 is 5.28. The molecule has 4 N–H and O–H groups in total. The molecule has 0 radical (unpaired) electrons. The van der Waals surface area contributed by atoms with Crippen LogP contribution < -0.4 is 16.3 Å². The Hall–Kier alpha value is -3.36. The van der Waals surface area contributed by atoms with Crippen LogP contribution in [0.1, 0.15) is 30.5 Å². The van der Waals surface area contributed by atoms with Gasteiger partial charge in [0.05, 0.1) is 18.5 Å². The van der Waals surface area contributed by atoms with Crippen molar-refractivity contribution in [3.63, 3.8) is 0 Å². The molecular formula is C20H24N2O7. The molecule has 9 heteroatoms. The Kier molecular flexibility index (Phi) is 6.63. The Morgan fingerprint density at radius 2 is 1.76 bits per heavy atom. The van der Waals surface area contributed by atoms with Crippen molar-refractivity contribution in [2.45, 2.75) is 40.2 Å². The number of carbonyl (C=O) groups is 3. The van der Waals surface area contributed by atoms with Gasteiger partial charge in [0.25, 0.3) is 0 Å². The number of aromatic hydroxyl groups is 1. The van der Waals surface area contributed by atoms with Crippen molar-refractivity contribution >= 4 is 28.8 Å². The fourth-order valence-corrected chi connectivity index (χ4v) is 2.92. The highest BCUT2D eigenvalue weighted by Crippen LogP contribution is 2.28. The van der Waals surface area contributed by atoms with Crippen molar-refractivity contribution in [2.24, 2.45) is 5.92 Å². The van der Waals surface area contributed by atoms with Gasteiger partial charge in [-0.05, 0) is 37.5 Å². The first-order valence-electron chi connectivity index (χ1n) is 9.06. The number of hydrogen-bond acceptors (Lipinski definition) is 6. The van der Waals surface area contributed by atoms with Crippen molar-refractivity contribution in [1.29, 1.82) is 0 Å². The number of aliphatic carboxylic acids is 1. The summed E-state index contributed by atoms with van der Waals surface area (Å²) in [6.45, 7) is 6.18. The topological polar surface area (TPSA) is 146 Å². The molecule has 2 aromatic rings. The van der Waals surface area contributed by atoms with Gasteiger partial charge in [-0.1, -0.05) is 13.8 Å². The SMILES string of the molecule is Cc1c(CC(=O)NCC(=O)N[C@H](C(=O)O)C(C)C)c(=O)oc2c(C)c(O)ccc12. The number of carbonyl (C=O) groups excluding carboxylic acids is 2. The molecule has 1 atom stereocenters. The number of phenols is 1. The Labute approximate surface area is 166 Å². The normalized spacial score (nSPS) is 12.0. The van der Waals surface area contributed by atoms with Crippen LogP contribution in [0.2, 0.25) is 0 Å². The van der Waals surface area contributed by atoms with Gasteiger partial charge in [-0.15, -0.1) is 0 Å². The summed E-state index contributed by atoms with van der Waals surface area (Å²) in [6.07, 6.45) is -0.302. The van der Waals surface area contributed by atoms with Gasteiger partial charge in [0.1, 0.15) is 17.4 Å². The molecule has 0 saturated carbocycles. The first kappa shape index (κ1) is 21.9. The highest BCUT2D eigenvalue weighted by molar-refractivity contribution is 5.90. The number of fused-ring (bicyclic) bond motifs is 1. The van der Waals surface area contributed by atoms with E-state index < -0.39 is 36.0 Å². The second kappa shape index (κ2) is 8.76. The van der Waals surface area contributed by atoms with E-state index >= 15 is 0 Å². The van der Waals surface area contributed by atoms with E-state index in [2.05, 4.69) is 10.6 Å². The second-order valence-corrected chi connectivity index (χ2v) is 7.16. The molecule has 156 valence electrons. The third-order valence-corrected chi connectivity index (χ3v) is 4.71. The monoisotopic (exact) mass is 404 g/mol. The van der Waals surface area contributed by atoms with Crippen LogP contribution in [0.15, 0.2) is 21.3 Å². The summed E-state index contributed by atoms with van der Waals surface area (Å²) in [5, 5.41) is 24.2. The number of phenolic OH excluding ortho intramolecular Hbond substituents is 1. The van der Waals surface area contributed by atoms with Crippen LogP contribution in [-0.4, -0.2) is 40.6 Å². The van der Waals surface area contributed by atoms with E-state index in [1.165, 1.54) is 6.07 Å². The highest BCUT2D eigenvalue weighted by Gasteiger charge is 2.23. The number of nitrogens with one attached hydrogen (secondary N) is 2. The molecule has 1 aromatic carbocycles. The molecule has 2 amide bonds. The third kappa shape index (κ3) is 4.92. The Morgan fingerprint density at radius 3 is 2.34 bits per heavy atom. The van der Waals surface area contributed by atoms with Gasteiger partial charge in [-0.2, -0.15) is 0 Å². The zero-order chi connectivity index (χ0) is 21.9. The molecule has 29 heavy (non-hydrogen) atoms. The molecule has 1 aromatic heterocycles. The van der Waals surface area contributed by atoms with Gasteiger partial charge in [0.15, 0.2) is 0 Å². The lowest BCUT2D eigenvalue weighted by Crippen LogP contribution is -2.48. The van der Waals surface area contributed by atoms with E-state index in [0.29, 0.717) is 16.5 Å². The van der Waals surface area contributed by atoms with Crippen LogP contribution in [0.4, 0.5) is 0 Å². The number of hydrogen-bond donors (Lipinski definition) is 4. The molecule has 2 rings (SSSR count). The molecule has 0 aliphatic carbocycles. The molecule has 0 spiro atoms. The number of carboxylic acid groups (broad SMARTS) is 1. The number of aryl methyl sites for hydroxylation is 2. The molecular weight excluding hydrogens is 380 g/mol. The van der Waals surface area contributed by atoms with Gasteiger partial charge in [-0.25, -0.2) is 9.59 Å². The third-order valence-electron chi connectivity index (χ3n) is 4.71. The smallest absolute Gasteiger partial charge is 0.340 e. The lowest BCUT2D eigenvalue weighted by Gasteiger charge is -2.18. The lowest BCUT2D eigenvalue weighted by atomic mass is 10.0. The fraction of sp³-hybridized carbons (Fsp3) is 0.400. The second-order valence-electron chi connectivity index (χ2n) is 7.16. The van der Waals surface area contributed by atoms with Crippen molar-refractivity contribution < 1.29 is 29.0 Å². The largest absolute Gasteiger partial charge is 0.508 e. The first-order valence-corrected chi connectivity index (χ1v) is 9.06. The van der Waals surface area contributed by atoms with Crippen LogP contribution >= 0.6 is 0 Å². The predicted molar refractivity (Wildman–Crippen MR) is 105 cm³/mol. The molecule has 1 heterocycles. The van der Waals surface area contributed by atoms with E-state index in [-0.39, 0.29) is 29.2 Å². The van der Waals surface area contributed by atoms with Crippen LogP contribution in [0, 0.1) is 19.8 Å². The van der Waals surface area contributed by atoms with Gasteiger partial charge < -0.3 is 25.3 Å². The van der Waals surface area contributed by atoms with Crippen LogP contribution in [0.25, 0.3) is 11.0 Å². The molecule has 0 fully saturated rings. The van der Waals surface area contributed by atoms with Gasteiger partial charge in [0.2, 0.25) is 11.8 Å². The van der Waals surface area contributed by atoms with Crippen molar-refractivity contribution in [3.05, 3.63) is 39.2 Å². The average Bonchev–Trinajstić information content (AvgIpc) is 2.64. The van der Waals surface area contributed by atoms with E-state index in [4.69, 9.17) is 9.52 Å². The summed E-state index contributed by atoms with van der Waals surface area (Å²) >= 11 is 0. The molecule has 9 nitrogen and oxygen atoms in total. The predicted octanol–water partition coefficient (Wildman–Crippen LogP) is 1.000. The summed E-state index contributed by atoms with van der Waals surface area (Å²) in [6, 6.07) is 2.02. The maximum Gasteiger partial charge on any atom is 0.340 e. The molecule has 0 aliphatic rings. The maximum atomic E-state index is 12.3. The summed E-state index contributed by atoms with van der Waals surface area (Å²) in [5.74, 6) is -2.71. The highest BCUT2D eigenvalue weighted by atomic mass is 16.4. The Morgan fingerprint density at radius 1 is 1.10 bits per heavy atom. The van der Waals surface area contributed by atoms with Gasteiger partial charge in [-0.3, -0.25) is 9.59 Å². The molecule has 0 bridgehead atoms. The molecule has 0 aliphatic heterocycles. The zero-order valence-corrected chi connectivity index (χ0v) is 16.7. The average molecular weight is 404 g/mol. The summed E-state index contributed by atoms with van der Waals surface area (Å²) in [5.41, 5.74) is 0.669. The minimum atomic E-state index is -1.16. The Balaban J connectivity index is 2.10. The number of benzene rings is 1. The quantitative estimate of drug-likeness (QED) is 0.504. The standard InChI is InChI=1S/C20H24N2O7/c1-9(2)17(19(26)27)22-16(25)8-21-15(24)7-13-10(3)12-5-6-14(23)11(4)18(12)29-20(13)28/h5-6,9,17,23H,7-8H2,1-4H3,(H,21,24)(H,22,25)(H,26,27)/t17-/m0/s1. The minimum Gasteiger partial charge on any atom is -0.508 e. The van der Waals surface area contributed by atoms with Crippen LogP contribution in [0.5, 0.6) is 5.75 Å². The zero-order valence-electron chi connectivity index (χ0n) is 16.7. The number of amides is 2. The molecule has 0 saturated heterocycles. The van der Waals surface area contributed by atoms with E-state index in [1.807, 2.05) is 0 Å². The van der Waals surface area contributed by atoms with E-state index in [9.17, 15) is 24.3 Å². The lowest BCUT2D eigenvalue weighted by molar-refractivity contribution is -0.143. The van der Waals surface area contributed by atoms with Crippen LogP contribution in [-0.2, 0) is 20.8 Å². The van der Waals surface area contributed by atoms with Gasteiger partial charge >= 0.3 is 11.6 Å². The van der Waals surface area contributed by atoms with E-state index in [0.717, 1.165) is 0 Å².